The van der Waals surface area contributed by atoms with Crippen LogP contribution in [0.15, 0.2) is 30.5 Å². The number of ketones is 1. The summed E-state index contributed by atoms with van der Waals surface area (Å²) in [5.74, 6) is 1.45. The lowest BCUT2D eigenvalue weighted by Crippen LogP contribution is -2.22. The van der Waals surface area contributed by atoms with E-state index in [1.54, 1.807) is 0 Å². The van der Waals surface area contributed by atoms with E-state index in [9.17, 15) is 4.79 Å². The molecule has 0 unspecified atom stereocenters. The summed E-state index contributed by atoms with van der Waals surface area (Å²) in [7, 11) is 0. The molecule has 1 aromatic carbocycles. The minimum Gasteiger partial charge on any atom is -0.360 e. The van der Waals surface area contributed by atoms with Crippen molar-refractivity contribution in [3.8, 4) is 0 Å². The molecule has 1 N–H and O–H groups in total. The highest BCUT2D eigenvalue weighted by Gasteiger charge is 2.27. The Hall–Kier alpha value is -1.57. The summed E-state index contributed by atoms with van der Waals surface area (Å²) < 4.78 is 0. The maximum absolute atomic E-state index is 12.8. The normalized spacial score (nSPS) is 22.0. The lowest BCUT2D eigenvalue weighted by Gasteiger charge is -2.27. The topological polar surface area (TPSA) is 32.9 Å². The van der Waals surface area contributed by atoms with Crippen molar-refractivity contribution in [1.29, 1.82) is 0 Å². The molecule has 1 fully saturated rings. The van der Waals surface area contributed by atoms with Crippen molar-refractivity contribution in [1.82, 2.24) is 4.98 Å². The Morgan fingerprint density at radius 3 is 2.68 bits per heavy atom. The van der Waals surface area contributed by atoms with Crippen molar-refractivity contribution in [2.24, 2.45) is 11.8 Å². The van der Waals surface area contributed by atoms with E-state index in [0.717, 1.165) is 35.2 Å². The van der Waals surface area contributed by atoms with Gasteiger partial charge in [0.1, 0.15) is 0 Å². The zero-order valence-corrected chi connectivity index (χ0v) is 13.6. The van der Waals surface area contributed by atoms with Gasteiger partial charge in [-0.15, -0.1) is 0 Å². The molecular weight excluding hydrogens is 270 g/mol. The van der Waals surface area contributed by atoms with Crippen LogP contribution in [0.1, 0.15) is 68.6 Å². The van der Waals surface area contributed by atoms with Gasteiger partial charge in [0.2, 0.25) is 0 Å². The molecule has 1 aliphatic rings. The smallest absolute Gasteiger partial charge is 0.168 e. The second-order valence-corrected chi connectivity index (χ2v) is 6.83. The van der Waals surface area contributed by atoms with E-state index in [1.165, 1.54) is 38.5 Å². The largest absolute Gasteiger partial charge is 0.360 e. The number of unbranched alkanes of at least 4 members (excludes halogenated alkanes) is 2. The maximum atomic E-state index is 12.8. The number of fused-ring (bicyclic) bond motifs is 1. The van der Waals surface area contributed by atoms with Gasteiger partial charge in [-0.25, -0.2) is 0 Å². The third-order valence-corrected chi connectivity index (χ3v) is 5.29. The van der Waals surface area contributed by atoms with E-state index in [-0.39, 0.29) is 5.92 Å². The van der Waals surface area contributed by atoms with Gasteiger partial charge in [-0.05, 0) is 37.7 Å². The predicted octanol–water partition coefficient (Wildman–Crippen LogP) is 5.74. The van der Waals surface area contributed by atoms with Crippen LogP contribution in [0.25, 0.3) is 10.9 Å². The Bertz CT molecular complexity index is 619. The third-order valence-electron chi connectivity index (χ3n) is 5.29. The van der Waals surface area contributed by atoms with Gasteiger partial charge in [0.25, 0.3) is 0 Å². The Morgan fingerprint density at radius 1 is 1.14 bits per heavy atom. The Kier molecular flexibility index (Phi) is 4.97. The zero-order chi connectivity index (χ0) is 15.4. The third kappa shape index (κ3) is 3.26. The van der Waals surface area contributed by atoms with Gasteiger partial charge in [-0.1, -0.05) is 50.8 Å². The molecule has 0 radical (unpaired) electrons. The molecule has 2 heteroatoms. The summed E-state index contributed by atoms with van der Waals surface area (Å²) in [6.07, 6.45) is 11.9. The van der Waals surface area contributed by atoms with Crippen molar-refractivity contribution < 1.29 is 4.79 Å². The first-order valence-electron chi connectivity index (χ1n) is 8.90. The molecule has 2 nitrogen and oxygen atoms in total. The average molecular weight is 297 g/mol. The van der Waals surface area contributed by atoms with Gasteiger partial charge in [0, 0.05) is 28.6 Å². The molecular formula is C20H27NO. The highest BCUT2D eigenvalue weighted by atomic mass is 16.1. The number of hydrogen-bond donors (Lipinski definition) is 1. The van der Waals surface area contributed by atoms with E-state index in [0.29, 0.717) is 5.78 Å². The molecule has 1 heterocycles. The van der Waals surface area contributed by atoms with Crippen molar-refractivity contribution in [2.45, 2.75) is 58.3 Å². The number of aromatic amines is 1. The molecule has 0 aliphatic heterocycles. The summed E-state index contributed by atoms with van der Waals surface area (Å²) in [6.45, 7) is 2.26. The van der Waals surface area contributed by atoms with Gasteiger partial charge in [-0.3, -0.25) is 4.79 Å². The molecule has 0 saturated heterocycles. The highest BCUT2D eigenvalue weighted by Crippen LogP contribution is 2.34. The van der Waals surface area contributed by atoms with Crippen LogP contribution in [0.2, 0.25) is 0 Å². The second kappa shape index (κ2) is 7.13. The number of para-hydroxylation sites is 1. The Balaban J connectivity index is 1.60. The van der Waals surface area contributed by atoms with E-state index in [2.05, 4.69) is 18.0 Å². The van der Waals surface area contributed by atoms with Gasteiger partial charge >= 0.3 is 0 Å². The number of H-pyrrole nitrogens is 1. The van der Waals surface area contributed by atoms with Crippen molar-refractivity contribution in [3.63, 3.8) is 0 Å². The minimum atomic E-state index is 0.238. The van der Waals surface area contributed by atoms with E-state index < -0.39 is 0 Å². The number of carbonyl (C=O) groups is 1. The minimum absolute atomic E-state index is 0.238. The van der Waals surface area contributed by atoms with Crippen LogP contribution in [0.4, 0.5) is 0 Å². The van der Waals surface area contributed by atoms with E-state index >= 15 is 0 Å². The molecule has 2 aromatic rings. The van der Waals surface area contributed by atoms with Crippen LogP contribution in [0.5, 0.6) is 0 Å². The van der Waals surface area contributed by atoms with Gasteiger partial charge in [-0.2, -0.15) is 0 Å². The molecule has 3 rings (SSSR count). The van der Waals surface area contributed by atoms with Gasteiger partial charge in [0.05, 0.1) is 0 Å². The molecule has 22 heavy (non-hydrogen) atoms. The number of hydrogen-bond acceptors (Lipinski definition) is 1. The number of carbonyl (C=O) groups excluding carboxylic acids is 1. The quantitative estimate of drug-likeness (QED) is 0.535. The first-order valence-corrected chi connectivity index (χ1v) is 8.90. The molecule has 1 aromatic heterocycles. The van der Waals surface area contributed by atoms with Crippen LogP contribution < -0.4 is 0 Å². The van der Waals surface area contributed by atoms with Crippen molar-refractivity contribution >= 4 is 16.7 Å². The molecule has 1 saturated carbocycles. The first kappa shape index (κ1) is 15.3. The molecule has 0 amide bonds. The number of rotatable bonds is 6. The molecule has 0 bridgehead atoms. The van der Waals surface area contributed by atoms with Gasteiger partial charge in [0.15, 0.2) is 5.78 Å². The average Bonchev–Trinajstić information content (AvgIpc) is 2.99. The highest BCUT2D eigenvalue weighted by molar-refractivity contribution is 6.08. The lowest BCUT2D eigenvalue weighted by atomic mass is 9.77. The fraction of sp³-hybridized carbons (Fsp3) is 0.550. The summed E-state index contributed by atoms with van der Waals surface area (Å²) in [5, 5.41) is 1.08. The van der Waals surface area contributed by atoms with Crippen LogP contribution in [-0.4, -0.2) is 10.8 Å². The fourth-order valence-corrected chi connectivity index (χ4v) is 3.89. The zero-order valence-electron chi connectivity index (χ0n) is 13.6. The van der Waals surface area contributed by atoms with Crippen LogP contribution in [-0.2, 0) is 0 Å². The number of benzene rings is 1. The summed E-state index contributed by atoms with van der Waals surface area (Å²) in [5.41, 5.74) is 1.96. The summed E-state index contributed by atoms with van der Waals surface area (Å²) in [6, 6.07) is 8.11. The lowest BCUT2D eigenvalue weighted by molar-refractivity contribution is 0.0871. The van der Waals surface area contributed by atoms with Gasteiger partial charge < -0.3 is 4.98 Å². The summed E-state index contributed by atoms with van der Waals surface area (Å²) in [4.78, 5) is 16.1. The van der Waals surface area contributed by atoms with Crippen LogP contribution in [0, 0.1) is 11.8 Å². The number of aromatic nitrogens is 1. The van der Waals surface area contributed by atoms with E-state index in [1.807, 2.05) is 24.4 Å². The first-order chi connectivity index (χ1) is 10.8. The SMILES string of the molecule is CCCCCC1CCC(C(=O)c2c[nH]c3ccccc23)CC1. The van der Waals surface area contributed by atoms with Crippen LogP contribution >= 0.6 is 0 Å². The number of Topliss-reactive ketones (excluding diaryl/α,β-unsaturated/α-hetero) is 1. The summed E-state index contributed by atoms with van der Waals surface area (Å²) >= 11 is 0. The predicted molar refractivity (Wildman–Crippen MR) is 92.2 cm³/mol. The molecule has 0 spiro atoms. The van der Waals surface area contributed by atoms with Crippen LogP contribution in [0.3, 0.4) is 0 Å². The van der Waals surface area contributed by atoms with E-state index in [4.69, 9.17) is 0 Å². The Morgan fingerprint density at radius 2 is 1.91 bits per heavy atom. The fourth-order valence-electron chi connectivity index (χ4n) is 3.89. The Labute approximate surface area is 133 Å². The second-order valence-electron chi connectivity index (χ2n) is 6.83. The molecule has 1 aliphatic carbocycles. The molecule has 118 valence electrons. The number of nitrogens with one attached hydrogen (secondary N) is 1. The van der Waals surface area contributed by atoms with Crippen molar-refractivity contribution in [2.75, 3.05) is 0 Å². The standard InChI is InChI=1S/C20H27NO/c1-2-3-4-7-15-10-12-16(13-11-15)20(22)18-14-21-19-9-6-5-8-17(18)19/h5-6,8-9,14-16,21H,2-4,7,10-13H2,1H3. The van der Waals surface area contributed by atoms with Crippen molar-refractivity contribution in [3.05, 3.63) is 36.0 Å². The maximum Gasteiger partial charge on any atom is 0.168 e. The monoisotopic (exact) mass is 297 g/mol. The molecule has 0 atom stereocenters.